The van der Waals surface area contributed by atoms with E-state index in [2.05, 4.69) is 0 Å². The van der Waals surface area contributed by atoms with Crippen LogP contribution in [-0.2, 0) is 4.79 Å². The van der Waals surface area contributed by atoms with Crippen molar-refractivity contribution >= 4 is 11.6 Å². The number of carbonyl (C=O) groups is 1. The first kappa shape index (κ1) is 11.4. The van der Waals surface area contributed by atoms with Crippen molar-refractivity contribution in [2.45, 2.75) is 6.18 Å². The van der Waals surface area contributed by atoms with Gasteiger partial charge in [0.25, 0.3) is 0 Å². The number of halogens is 5. The van der Waals surface area contributed by atoms with Crippen LogP contribution in [0.4, 0.5) is 27.6 Å². The topological polar surface area (TPSA) is 29.1 Å². The Balaban J connectivity index is 2.90. The lowest BCUT2D eigenvalue weighted by Gasteiger charge is -2.08. The van der Waals surface area contributed by atoms with E-state index in [1.54, 1.807) is 0 Å². The molecule has 0 saturated heterocycles. The first-order chi connectivity index (χ1) is 6.80. The van der Waals surface area contributed by atoms with Gasteiger partial charge in [-0.1, -0.05) is 0 Å². The zero-order valence-corrected chi connectivity index (χ0v) is 7.03. The maximum absolute atomic E-state index is 12.8. The molecule has 0 unspecified atom stereocenters. The number of hydrogen-bond donors (Lipinski definition) is 1. The van der Waals surface area contributed by atoms with E-state index in [-0.39, 0.29) is 0 Å². The van der Waals surface area contributed by atoms with Crippen molar-refractivity contribution in [1.29, 1.82) is 0 Å². The molecule has 0 radical (unpaired) electrons. The highest BCUT2D eigenvalue weighted by Gasteiger charge is 2.39. The molecule has 0 heterocycles. The summed E-state index contributed by atoms with van der Waals surface area (Å²) in [6, 6.07) is 1.79. The van der Waals surface area contributed by atoms with Crippen LogP contribution >= 0.6 is 0 Å². The van der Waals surface area contributed by atoms with Crippen LogP contribution in [0, 0.1) is 11.6 Å². The van der Waals surface area contributed by atoms with E-state index < -0.39 is 29.4 Å². The highest BCUT2D eigenvalue weighted by molar-refractivity contribution is 5.94. The number of carbonyl (C=O) groups excluding carboxylic acids is 1. The third kappa shape index (κ3) is 2.90. The molecule has 0 spiro atoms. The van der Waals surface area contributed by atoms with E-state index in [1.165, 1.54) is 5.32 Å². The number of rotatable bonds is 1. The maximum atomic E-state index is 12.8. The minimum absolute atomic E-state index is 0.457. The molecule has 1 aromatic carbocycles. The molecule has 15 heavy (non-hydrogen) atoms. The Hall–Kier alpha value is -1.66. The van der Waals surface area contributed by atoms with Crippen LogP contribution in [0.25, 0.3) is 0 Å². The highest BCUT2D eigenvalue weighted by Crippen LogP contribution is 2.20. The molecule has 0 aliphatic rings. The Morgan fingerprint density at radius 1 is 1.20 bits per heavy atom. The van der Waals surface area contributed by atoms with E-state index in [0.29, 0.717) is 12.1 Å². The van der Waals surface area contributed by atoms with Gasteiger partial charge in [0.15, 0.2) is 0 Å². The Labute approximate surface area is 80.7 Å². The summed E-state index contributed by atoms with van der Waals surface area (Å²) in [6.07, 6.45) is -5.14. The highest BCUT2D eigenvalue weighted by atomic mass is 19.4. The monoisotopic (exact) mass is 225 g/mol. The summed E-state index contributed by atoms with van der Waals surface area (Å²) in [4.78, 5) is 10.4. The van der Waals surface area contributed by atoms with Crippen molar-refractivity contribution in [2.24, 2.45) is 0 Å². The first-order valence-corrected chi connectivity index (χ1v) is 3.64. The van der Waals surface area contributed by atoms with Gasteiger partial charge in [-0.05, 0) is 12.1 Å². The average Bonchev–Trinajstić information content (AvgIpc) is 2.09. The standard InChI is InChI=1S/C8H4F5NO/c9-4-1-2-5(10)6(3-4)14-7(15)8(11,12)13/h1-3H,(H,14,15). The molecule has 0 aromatic heterocycles. The van der Waals surface area contributed by atoms with Gasteiger partial charge in [-0.2, -0.15) is 13.2 Å². The van der Waals surface area contributed by atoms with Crippen LogP contribution in [0.15, 0.2) is 18.2 Å². The molecule has 1 N–H and O–H groups in total. The molecule has 0 atom stereocenters. The summed E-state index contributed by atoms with van der Waals surface area (Å²) in [5.41, 5.74) is -0.850. The van der Waals surface area contributed by atoms with Gasteiger partial charge in [-0.15, -0.1) is 0 Å². The van der Waals surface area contributed by atoms with E-state index in [9.17, 15) is 26.7 Å². The quantitative estimate of drug-likeness (QED) is 0.731. The molecule has 1 amide bonds. The van der Waals surface area contributed by atoms with E-state index in [4.69, 9.17) is 0 Å². The van der Waals surface area contributed by atoms with Gasteiger partial charge in [-0.3, -0.25) is 4.79 Å². The molecule has 1 rings (SSSR count). The van der Waals surface area contributed by atoms with Crippen molar-refractivity contribution in [3.8, 4) is 0 Å². The van der Waals surface area contributed by atoms with Crippen LogP contribution in [0.3, 0.4) is 0 Å². The largest absolute Gasteiger partial charge is 0.471 e. The SMILES string of the molecule is O=C(Nc1cc(F)ccc1F)C(F)(F)F. The smallest absolute Gasteiger partial charge is 0.316 e. The third-order valence-corrected chi connectivity index (χ3v) is 1.43. The zero-order chi connectivity index (χ0) is 11.6. The van der Waals surface area contributed by atoms with Crippen molar-refractivity contribution in [3.63, 3.8) is 0 Å². The number of alkyl halides is 3. The predicted molar refractivity (Wildman–Crippen MR) is 41.0 cm³/mol. The number of hydrogen-bond acceptors (Lipinski definition) is 1. The second-order valence-electron chi connectivity index (χ2n) is 2.58. The number of amides is 1. The summed E-state index contributed by atoms with van der Waals surface area (Å²) >= 11 is 0. The van der Waals surface area contributed by atoms with Crippen molar-refractivity contribution in [2.75, 3.05) is 5.32 Å². The predicted octanol–water partition coefficient (Wildman–Crippen LogP) is 2.47. The lowest BCUT2D eigenvalue weighted by atomic mass is 10.3. The summed E-state index contributed by atoms with van der Waals surface area (Å²) in [6.45, 7) is 0. The van der Waals surface area contributed by atoms with Gasteiger partial charge in [0, 0.05) is 6.07 Å². The first-order valence-electron chi connectivity index (χ1n) is 3.64. The van der Waals surface area contributed by atoms with Gasteiger partial charge in [0.2, 0.25) is 0 Å². The minimum Gasteiger partial charge on any atom is -0.316 e. The van der Waals surface area contributed by atoms with E-state index >= 15 is 0 Å². The molecule has 7 heteroatoms. The van der Waals surface area contributed by atoms with E-state index in [1.807, 2.05) is 0 Å². The average molecular weight is 225 g/mol. The molecule has 1 aromatic rings. The van der Waals surface area contributed by atoms with E-state index in [0.717, 1.165) is 6.07 Å². The Morgan fingerprint density at radius 2 is 1.80 bits per heavy atom. The Morgan fingerprint density at radius 3 is 2.33 bits per heavy atom. The van der Waals surface area contributed by atoms with Crippen molar-refractivity contribution < 1.29 is 26.7 Å². The van der Waals surface area contributed by atoms with Crippen LogP contribution in [0.2, 0.25) is 0 Å². The Kier molecular flexibility index (Phi) is 2.92. The molecule has 0 fully saturated rings. The van der Waals surface area contributed by atoms with Crippen LogP contribution in [0.1, 0.15) is 0 Å². The van der Waals surface area contributed by atoms with Gasteiger partial charge in [-0.25, -0.2) is 8.78 Å². The summed E-state index contributed by atoms with van der Waals surface area (Å²) in [5, 5.41) is 1.21. The fourth-order valence-corrected chi connectivity index (χ4v) is 0.786. The van der Waals surface area contributed by atoms with Crippen LogP contribution in [-0.4, -0.2) is 12.1 Å². The van der Waals surface area contributed by atoms with Gasteiger partial charge in [0.1, 0.15) is 11.6 Å². The molecule has 0 bridgehead atoms. The normalized spacial score (nSPS) is 11.3. The van der Waals surface area contributed by atoms with Gasteiger partial charge < -0.3 is 5.32 Å². The number of benzene rings is 1. The molecular weight excluding hydrogens is 221 g/mol. The zero-order valence-electron chi connectivity index (χ0n) is 7.03. The Bertz CT molecular complexity index is 387. The van der Waals surface area contributed by atoms with Gasteiger partial charge >= 0.3 is 12.1 Å². The van der Waals surface area contributed by atoms with Crippen molar-refractivity contribution in [1.82, 2.24) is 0 Å². The molecule has 0 saturated carbocycles. The molecule has 0 aliphatic heterocycles. The molecule has 0 aliphatic carbocycles. The second kappa shape index (κ2) is 3.84. The maximum Gasteiger partial charge on any atom is 0.471 e. The lowest BCUT2D eigenvalue weighted by Crippen LogP contribution is -2.30. The molecule has 82 valence electrons. The second-order valence-corrected chi connectivity index (χ2v) is 2.58. The minimum atomic E-state index is -5.14. The number of anilines is 1. The van der Waals surface area contributed by atoms with Gasteiger partial charge in [0.05, 0.1) is 5.69 Å². The fraction of sp³-hybridized carbons (Fsp3) is 0.125. The summed E-state index contributed by atoms with van der Waals surface area (Å²) < 4.78 is 60.5. The van der Waals surface area contributed by atoms with Crippen LogP contribution in [0.5, 0.6) is 0 Å². The third-order valence-electron chi connectivity index (χ3n) is 1.43. The summed E-state index contributed by atoms with van der Waals surface area (Å²) in [5.74, 6) is -4.45. The lowest BCUT2D eigenvalue weighted by molar-refractivity contribution is -0.167. The molecular formula is C8H4F5NO. The fourth-order valence-electron chi connectivity index (χ4n) is 0.786. The summed E-state index contributed by atoms with van der Waals surface area (Å²) in [7, 11) is 0. The number of nitrogens with one attached hydrogen (secondary N) is 1. The van der Waals surface area contributed by atoms with Crippen molar-refractivity contribution in [3.05, 3.63) is 29.8 Å². The molecule has 2 nitrogen and oxygen atoms in total. The van der Waals surface area contributed by atoms with Crippen LogP contribution < -0.4 is 5.32 Å².